The molecule has 0 aliphatic heterocycles. The van der Waals surface area contributed by atoms with E-state index >= 15 is 4.57 Å². The quantitative estimate of drug-likeness (QED) is 0.121. The van der Waals surface area contributed by atoms with Crippen LogP contribution in [0.5, 0.6) is 0 Å². The maximum absolute atomic E-state index is 15.9. The van der Waals surface area contributed by atoms with Gasteiger partial charge in [-0.15, -0.1) is 6.58 Å². The van der Waals surface area contributed by atoms with Crippen molar-refractivity contribution in [3.8, 4) is 22.3 Å². The third-order valence-electron chi connectivity index (χ3n) is 11.3. The van der Waals surface area contributed by atoms with Gasteiger partial charge in [0.25, 0.3) is 0 Å². The summed E-state index contributed by atoms with van der Waals surface area (Å²) in [7, 11) is -3.03. The molecule has 4 atom stereocenters. The van der Waals surface area contributed by atoms with Gasteiger partial charge in [0.05, 0.1) is 5.41 Å². The summed E-state index contributed by atoms with van der Waals surface area (Å²) in [5.41, 5.74) is 11.3. The Morgan fingerprint density at radius 2 is 1.35 bits per heavy atom. The Balaban J connectivity index is 1.33. The first-order valence-corrected chi connectivity index (χ1v) is 19.3. The molecule has 0 amide bonds. The van der Waals surface area contributed by atoms with Crippen LogP contribution in [0.15, 0.2) is 151 Å². The van der Waals surface area contributed by atoms with E-state index in [1.54, 1.807) is 0 Å². The molecule has 0 radical (unpaired) electrons. The maximum atomic E-state index is 15.9. The minimum atomic E-state index is -3.03. The van der Waals surface area contributed by atoms with E-state index in [0.29, 0.717) is 5.92 Å². The molecule has 2 aliphatic carbocycles. The number of fused-ring (bicyclic) bond motifs is 14. The van der Waals surface area contributed by atoms with Crippen molar-refractivity contribution < 1.29 is 8.98 Å². The second-order valence-electron chi connectivity index (χ2n) is 14.0. The van der Waals surface area contributed by atoms with Crippen LogP contribution in [0.25, 0.3) is 44.2 Å². The van der Waals surface area contributed by atoms with Crippen LogP contribution in [-0.2, 0) is 9.98 Å². The molecule has 2 nitrogen and oxygen atoms in total. The van der Waals surface area contributed by atoms with E-state index in [2.05, 4.69) is 130 Å². The Bertz CT molecular complexity index is 2470. The van der Waals surface area contributed by atoms with Crippen molar-refractivity contribution in [1.29, 1.82) is 0 Å². The van der Waals surface area contributed by atoms with Crippen LogP contribution in [0.4, 0.5) is 0 Å². The van der Waals surface area contributed by atoms with E-state index in [4.69, 9.17) is 4.42 Å². The van der Waals surface area contributed by atoms with Gasteiger partial charge in [-0.2, -0.15) is 0 Å². The van der Waals surface area contributed by atoms with Gasteiger partial charge in [-0.1, -0.05) is 135 Å². The molecule has 0 fully saturated rings. The maximum Gasteiger partial charge on any atom is 0.146 e. The van der Waals surface area contributed by atoms with E-state index in [9.17, 15) is 0 Å². The summed E-state index contributed by atoms with van der Waals surface area (Å²) in [5, 5.41) is 4.21. The minimum absolute atomic E-state index is 0.0316. The van der Waals surface area contributed by atoms with Gasteiger partial charge in [0.2, 0.25) is 0 Å². The standard InChI is InChI=1S/C46H39O2P/c1-4-15-30(3)28-31(5-2)49(47,32-16-7-6-8-17-32)33-24-25-40-37(29-33)34-18-9-12-21-38(34)46(40)39-22-13-10-19-35(39)44-41(46)26-27-43-45(44)36-20-11-14-23-42(36)48-43/h4,6-14,16-27,29-31H,1,5,15,28H2,2-3H3. The van der Waals surface area contributed by atoms with Crippen LogP contribution in [-0.4, -0.2) is 5.66 Å². The summed E-state index contributed by atoms with van der Waals surface area (Å²) in [5.74, 6) is 0.403. The van der Waals surface area contributed by atoms with Crippen LogP contribution in [0.1, 0.15) is 55.4 Å². The zero-order valence-electron chi connectivity index (χ0n) is 28.0. The lowest BCUT2D eigenvalue weighted by molar-refractivity contribution is 0.499. The first kappa shape index (κ1) is 30.2. The smallest absolute Gasteiger partial charge is 0.146 e. The molecule has 1 heterocycles. The zero-order valence-corrected chi connectivity index (χ0v) is 28.9. The normalized spacial score (nSPS) is 18.1. The van der Waals surface area contributed by atoms with Crippen molar-refractivity contribution in [2.45, 2.75) is 44.2 Å². The summed E-state index contributed by atoms with van der Waals surface area (Å²) in [6.45, 7) is 8.46. The lowest BCUT2D eigenvalue weighted by Gasteiger charge is -2.32. The molecule has 4 unspecified atom stereocenters. The van der Waals surface area contributed by atoms with Crippen molar-refractivity contribution in [2.75, 3.05) is 0 Å². The zero-order chi connectivity index (χ0) is 33.3. The molecule has 0 saturated carbocycles. The summed E-state index contributed by atoms with van der Waals surface area (Å²) in [6, 6.07) is 47.7. The fraction of sp³-hybridized carbons (Fsp3) is 0.174. The molecule has 0 bridgehead atoms. The van der Waals surface area contributed by atoms with Crippen LogP contribution in [0, 0.1) is 5.92 Å². The molecule has 9 rings (SSSR count). The van der Waals surface area contributed by atoms with Crippen molar-refractivity contribution in [1.82, 2.24) is 0 Å². The van der Waals surface area contributed by atoms with Crippen LogP contribution in [0.2, 0.25) is 0 Å². The third-order valence-corrected chi connectivity index (χ3v) is 15.0. The molecule has 240 valence electrons. The number of allylic oxidation sites excluding steroid dienone is 1. The van der Waals surface area contributed by atoms with Crippen molar-refractivity contribution in [2.24, 2.45) is 5.92 Å². The van der Waals surface area contributed by atoms with E-state index in [-0.39, 0.29) is 5.66 Å². The highest BCUT2D eigenvalue weighted by Gasteiger charge is 2.52. The Morgan fingerprint density at radius 1 is 0.694 bits per heavy atom. The molecule has 7 aromatic rings. The second kappa shape index (κ2) is 11.3. The molecule has 49 heavy (non-hydrogen) atoms. The highest BCUT2D eigenvalue weighted by atomic mass is 31.2. The SMILES string of the molecule is C=CCC(C)CC(CC)P(=O)(c1ccccc1)c1ccc2c(c1)-c1ccccc1C21c2ccccc2-c2c1ccc1oc3ccccc3c21. The lowest BCUT2D eigenvalue weighted by atomic mass is 9.70. The van der Waals surface area contributed by atoms with E-state index in [1.807, 2.05) is 30.3 Å². The molecule has 6 aromatic carbocycles. The van der Waals surface area contributed by atoms with Gasteiger partial charge in [0, 0.05) is 27.0 Å². The van der Waals surface area contributed by atoms with E-state index in [0.717, 1.165) is 46.4 Å². The van der Waals surface area contributed by atoms with Gasteiger partial charge in [0.1, 0.15) is 18.3 Å². The van der Waals surface area contributed by atoms with E-state index < -0.39 is 12.6 Å². The summed E-state index contributed by atoms with van der Waals surface area (Å²) in [6.07, 6.45) is 4.65. The van der Waals surface area contributed by atoms with Gasteiger partial charge in [0.15, 0.2) is 0 Å². The summed E-state index contributed by atoms with van der Waals surface area (Å²) >= 11 is 0. The van der Waals surface area contributed by atoms with Crippen molar-refractivity contribution in [3.63, 3.8) is 0 Å². The number of benzene rings is 6. The van der Waals surface area contributed by atoms with E-state index in [1.165, 1.54) is 49.9 Å². The van der Waals surface area contributed by atoms with Crippen molar-refractivity contribution >= 4 is 39.7 Å². The van der Waals surface area contributed by atoms with Gasteiger partial charge in [-0.25, -0.2) is 0 Å². The highest BCUT2D eigenvalue weighted by Crippen LogP contribution is 2.65. The Morgan fingerprint density at radius 3 is 2.12 bits per heavy atom. The number of furan rings is 1. The Hall–Kier alpha value is -4.91. The van der Waals surface area contributed by atoms with Crippen LogP contribution in [0.3, 0.4) is 0 Å². The van der Waals surface area contributed by atoms with Gasteiger partial charge in [-0.3, -0.25) is 0 Å². The summed E-state index contributed by atoms with van der Waals surface area (Å²) < 4.78 is 22.3. The molecule has 1 spiro atoms. The average Bonchev–Trinajstić information content (AvgIpc) is 3.77. The number of hydrogen-bond donors (Lipinski definition) is 0. The van der Waals surface area contributed by atoms with Gasteiger partial charge >= 0.3 is 0 Å². The number of para-hydroxylation sites is 1. The minimum Gasteiger partial charge on any atom is -0.456 e. The average molecular weight is 655 g/mol. The third kappa shape index (κ3) is 4.11. The Kier molecular flexibility index (Phi) is 6.97. The van der Waals surface area contributed by atoms with Crippen LogP contribution < -0.4 is 10.6 Å². The predicted molar refractivity (Wildman–Crippen MR) is 206 cm³/mol. The topological polar surface area (TPSA) is 30.2 Å². The van der Waals surface area contributed by atoms with Crippen LogP contribution >= 0.6 is 7.14 Å². The molecule has 2 aliphatic rings. The Labute approximate surface area is 288 Å². The molecule has 0 saturated heterocycles. The largest absolute Gasteiger partial charge is 0.456 e. The fourth-order valence-electron chi connectivity index (χ4n) is 9.28. The fourth-order valence-corrected chi connectivity index (χ4v) is 12.8. The molecule has 1 aromatic heterocycles. The van der Waals surface area contributed by atoms with Gasteiger partial charge < -0.3 is 8.98 Å². The molecule has 0 N–H and O–H groups in total. The number of rotatable bonds is 8. The second-order valence-corrected chi connectivity index (χ2v) is 17.0. The van der Waals surface area contributed by atoms with Crippen molar-refractivity contribution in [3.05, 3.63) is 168 Å². The lowest BCUT2D eigenvalue weighted by Crippen LogP contribution is -2.28. The molecule has 3 heteroatoms. The summed E-state index contributed by atoms with van der Waals surface area (Å²) in [4.78, 5) is 0. The molecular weight excluding hydrogens is 615 g/mol. The monoisotopic (exact) mass is 654 g/mol. The first-order chi connectivity index (χ1) is 24.0. The predicted octanol–water partition coefficient (Wildman–Crippen LogP) is 11.6. The highest BCUT2D eigenvalue weighted by molar-refractivity contribution is 7.79. The first-order valence-electron chi connectivity index (χ1n) is 17.6. The molecular formula is C46H39O2P. The number of hydrogen-bond acceptors (Lipinski definition) is 2. The van der Waals surface area contributed by atoms with Gasteiger partial charge in [-0.05, 0) is 87.9 Å².